The molecule has 0 saturated heterocycles. The number of nitrogens with zero attached hydrogens (tertiary/aromatic N) is 1. The Labute approximate surface area is 135 Å². The van der Waals surface area contributed by atoms with Gasteiger partial charge in [0.05, 0.1) is 17.4 Å². The van der Waals surface area contributed by atoms with Gasteiger partial charge in [-0.25, -0.2) is 0 Å². The topological polar surface area (TPSA) is 52.9 Å². The number of hydrogen-bond acceptors (Lipinski definition) is 3. The van der Waals surface area contributed by atoms with Gasteiger partial charge in [-0.05, 0) is 29.7 Å². The Hall–Kier alpha value is -2.25. The maximum atomic E-state index is 11.7. The van der Waals surface area contributed by atoms with Crippen molar-refractivity contribution in [2.45, 2.75) is 12.2 Å². The number of hydrogen-bond donors (Lipinski definition) is 1. The SMILES string of the molecule is N#Cc1ccc(CSCC(=O)NCCc2ccccc2)cc1. The fourth-order valence-electron chi connectivity index (χ4n) is 1.98. The molecule has 0 aliphatic heterocycles. The molecule has 22 heavy (non-hydrogen) atoms. The molecule has 2 aromatic rings. The number of carbonyl (C=O) groups excluding carboxylic acids is 1. The summed E-state index contributed by atoms with van der Waals surface area (Å²) in [5, 5.41) is 11.7. The Morgan fingerprint density at radius 1 is 1.05 bits per heavy atom. The van der Waals surface area contributed by atoms with Crippen LogP contribution in [0.2, 0.25) is 0 Å². The smallest absolute Gasteiger partial charge is 0.230 e. The van der Waals surface area contributed by atoms with Gasteiger partial charge in [-0.2, -0.15) is 5.26 Å². The van der Waals surface area contributed by atoms with E-state index in [0.717, 1.165) is 17.7 Å². The molecule has 1 N–H and O–H groups in total. The second-order valence-corrected chi connectivity index (χ2v) is 5.87. The standard InChI is InChI=1S/C18H18N2OS/c19-12-16-6-8-17(9-7-16)13-22-14-18(21)20-11-10-15-4-2-1-3-5-15/h1-9H,10-11,13-14H2,(H,20,21). The van der Waals surface area contributed by atoms with Crippen LogP contribution in [0.5, 0.6) is 0 Å². The first-order valence-electron chi connectivity index (χ1n) is 7.15. The number of nitriles is 1. The van der Waals surface area contributed by atoms with Gasteiger partial charge >= 0.3 is 0 Å². The van der Waals surface area contributed by atoms with Crippen LogP contribution in [-0.2, 0) is 17.0 Å². The molecule has 0 bridgehead atoms. The molecule has 0 aromatic heterocycles. The van der Waals surface area contributed by atoms with Crippen LogP contribution in [0.15, 0.2) is 54.6 Å². The highest BCUT2D eigenvalue weighted by atomic mass is 32.2. The summed E-state index contributed by atoms with van der Waals surface area (Å²) >= 11 is 1.58. The molecule has 0 fully saturated rings. The van der Waals surface area contributed by atoms with Crippen molar-refractivity contribution in [3.63, 3.8) is 0 Å². The molecule has 4 heteroatoms. The second kappa shape index (κ2) is 8.91. The molecule has 0 saturated carbocycles. The van der Waals surface area contributed by atoms with Gasteiger partial charge in [0.2, 0.25) is 5.91 Å². The van der Waals surface area contributed by atoms with Crippen molar-refractivity contribution in [2.75, 3.05) is 12.3 Å². The zero-order valence-corrected chi connectivity index (χ0v) is 13.1. The summed E-state index contributed by atoms with van der Waals surface area (Å²) < 4.78 is 0. The van der Waals surface area contributed by atoms with Crippen LogP contribution in [0, 0.1) is 11.3 Å². The number of carbonyl (C=O) groups is 1. The number of nitrogens with one attached hydrogen (secondary N) is 1. The van der Waals surface area contributed by atoms with Crippen molar-refractivity contribution in [3.8, 4) is 6.07 Å². The fraction of sp³-hybridized carbons (Fsp3) is 0.222. The lowest BCUT2D eigenvalue weighted by atomic mass is 10.1. The molecular weight excluding hydrogens is 292 g/mol. The average Bonchev–Trinajstić information content (AvgIpc) is 2.56. The fourth-order valence-corrected chi connectivity index (χ4v) is 2.80. The van der Waals surface area contributed by atoms with E-state index in [1.165, 1.54) is 5.56 Å². The summed E-state index contributed by atoms with van der Waals surface area (Å²) in [6, 6.07) is 19.7. The lowest BCUT2D eigenvalue weighted by Crippen LogP contribution is -2.27. The van der Waals surface area contributed by atoms with Gasteiger partial charge in [-0.1, -0.05) is 42.5 Å². The van der Waals surface area contributed by atoms with Gasteiger partial charge in [0.25, 0.3) is 0 Å². The van der Waals surface area contributed by atoms with Crippen LogP contribution in [0.4, 0.5) is 0 Å². The lowest BCUT2D eigenvalue weighted by molar-refractivity contribution is -0.118. The molecule has 3 nitrogen and oxygen atoms in total. The maximum Gasteiger partial charge on any atom is 0.230 e. The molecule has 0 aliphatic carbocycles. The highest BCUT2D eigenvalue weighted by molar-refractivity contribution is 7.99. The summed E-state index contributed by atoms with van der Waals surface area (Å²) in [5.41, 5.74) is 3.02. The van der Waals surface area contributed by atoms with Gasteiger partial charge in [0.15, 0.2) is 0 Å². The van der Waals surface area contributed by atoms with E-state index in [-0.39, 0.29) is 5.91 Å². The molecule has 0 heterocycles. The van der Waals surface area contributed by atoms with Gasteiger partial charge < -0.3 is 5.32 Å². The van der Waals surface area contributed by atoms with E-state index in [2.05, 4.69) is 23.5 Å². The highest BCUT2D eigenvalue weighted by Gasteiger charge is 2.02. The summed E-state index contributed by atoms with van der Waals surface area (Å²) in [7, 11) is 0. The molecule has 2 rings (SSSR count). The number of thioether (sulfide) groups is 1. The minimum absolute atomic E-state index is 0.0644. The van der Waals surface area contributed by atoms with Gasteiger partial charge in [0.1, 0.15) is 0 Å². The Morgan fingerprint density at radius 3 is 2.45 bits per heavy atom. The van der Waals surface area contributed by atoms with Gasteiger partial charge in [0, 0.05) is 12.3 Å². The molecule has 0 unspecified atom stereocenters. The Balaban J connectivity index is 1.62. The first-order valence-corrected chi connectivity index (χ1v) is 8.31. The van der Waals surface area contributed by atoms with E-state index in [1.807, 2.05) is 30.3 Å². The second-order valence-electron chi connectivity index (χ2n) is 4.89. The van der Waals surface area contributed by atoms with E-state index in [9.17, 15) is 4.79 Å². The summed E-state index contributed by atoms with van der Waals surface area (Å²) in [5.74, 6) is 1.29. The van der Waals surface area contributed by atoms with Crippen molar-refractivity contribution in [2.24, 2.45) is 0 Å². The largest absolute Gasteiger partial charge is 0.355 e. The lowest BCUT2D eigenvalue weighted by Gasteiger charge is -2.05. The Bertz CT molecular complexity index is 632. The van der Waals surface area contributed by atoms with Crippen LogP contribution in [0.25, 0.3) is 0 Å². The normalized spacial score (nSPS) is 9.95. The molecule has 0 spiro atoms. The molecule has 112 valence electrons. The monoisotopic (exact) mass is 310 g/mol. The van der Waals surface area contributed by atoms with Crippen molar-refractivity contribution in [3.05, 3.63) is 71.3 Å². The molecular formula is C18H18N2OS. The first-order chi connectivity index (χ1) is 10.8. The first kappa shape index (κ1) is 16.1. The van der Waals surface area contributed by atoms with Gasteiger partial charge in [-0.15, -0.1) is 11.8 Å². The average molecular weight is 310 g/mol. The van der Waals surface area contributed by atoms with Gasteiger partial charge in [-0.3, -0.25) is 4.79 Å². The minimum Gasteiger partial charge on any atom is -0.355 e. The molecule has 2 aromatic carbocycles. The summed E-state index contributed by atoms with van der Waals surface area (Å²) in [4.78, 5) is 11.7. The molecule has 1 amide bonds. The van der Waals surface area contributed by atoms with E-state index in [1.54, 1.807) is 23.9 Å². The van der Waals surface area contributed by atoms with Crippen LogP contribution in [-0.4, -0.2) is 18.2 Å². The maximum absolute atomic E-state index is 11.7. The molecule has 0 aliphatic rings. The summed E-state index contributed by atoms with van der Waals surface area (Å²) in [6.45, 7) is 0.667. The Morgan fingerprint density at radius 2 is 1.77 bits per heavy atom. The number of rotatable bonds is 7. The van der Waals surface area contributed by atoms with E-state index in [4.69, 9.17) is 5.26 Å². The third-order valence-corrected chi connectivity index (χ3v) is 4.17. The summed E-state index contributed by atoms with van der Waals surface area (Å²) in [6.07, 6.45) is 0.854. The van der Waals surface area contributed by atoms with Crippen LogP contribution < -0.4 is 5.32 Å². The van der Waals surface area contributed by atoms with Crippen molar-refractivity contribution in [1.29, 1.82) is 5.26 Å². The zero-order chi connectivity index (χ0) is 15.6. The van der Waals surface area contributed by atoms with Crippen LogP contribution in [0.3, 0.4) is 0 Å². The van der Waals surface area contributed by atoms with Crippen molar-refractivity contribution >= 4 is 17.7 Å². The van der Waals surface area contributed by atoms with E-state index in [0.29, 0.717) is 17.9 Å². The van der Waals surface area contributed by atoms with Crippen LogP contribution in [0.1, 0.15) is 16.7 Å². The highest BCUT2D eigenvalue weighted by Crippen LogP contribution is 2.12. The predicted molar refractivity (Wildman–Crippen MR) is 90.5 cm³/mol. The number of amides is 1. The van der Waals surface area contributed by atoms with E-state index < -0.39 is 0 Å². The molecule has 0 atom stereocenters. The van der Waals surface area contributed by atoms with Crippen molar-refractivity contribution in [1.82, 2.24) is 5.32 Å². The third kappa shape index (κ3) is 5.63. The predicted octanol–water partition coefficient (Wildman–Crippen LogP) is 3.15. The minimum atomic E-state index is 0.0644. The van der Waals surface area contributed by atoms with E-state index >= 15 is 0 Å². The molecule has 0 radical (unpaired) electrons. The zero-order valence-electron chi connectivity index (χ0n) is 12.3. The van der Waals surface area contributed by atoms with Crippen LogP contribution >= 0.6 is 11.8 Å². The quantitative estimate of drug-likeness (QED) is 0.854. The number of benzene rings is 2. The van der Waals surface area contributed by atoms with Crippen molar-refractivity contribution < 1.29 is 4.79 Å². The third-order valence-electron chi connectivity index (χ3n) is 3.16. The Kier molecular flexibility index (Phi) is 6.53.